The molecular weight excluding hydrogens is 220 g/mol. The molecule has 0 spiro atoms. The lowest BCUT2D eigenvalue weighted by atomic mass is 10.2. The highest BCUT2D eigenvalue weighted by molar-refractivity contribution is 8.14. The van der Waals surface area contributed by atoms with Gasteiger partial charge < -0.3 is 5.32 Å². The first kappa shape index (κ1) is 11.5. The van der Waals surface area contributed by atoms with Gasteiger partial charge in [0.1, 0.15) is 0 Å². The van der Waals surface area contributed by atoms with Crippen LogP contribution in [0.1, 0.15) is 26.0 Å². The number of nitrogens with zero attached hydrogens (tertiary/aromatic N) is 3. The van der Waals surface area contributed by atoms with Crippen molar-refractivity contribution in [1.29, 1.82) is 0 Å². The van der Waals surface area contributed by atoms with Gasteiger partial charge in [-0.1, -0.05) is 18.7 Å². The van der Waals surface area contributed by atoms with Crippen LogP contribution in [0.2, 0.25) is 0 Å². The third-order valence-corrected chi connectivity index (χ3v) is 3.59. The fourth-order valence-corrected chi connectivity index (χ4v) is 3.00. The van der Waals surface area contributed by atoms with Gasteiger partial charge in [-0.3, -0.25) is 9.67 Å². The molecule has 1 aromatic rings. The minimum atomic E-state index is 0.527. The van der Waals surface area contributed by atoms with E-state index in [1.165, 1.54) is 6.42 Å². The van der Waals surface area contributed by atoms with E-state index in [4.69, 9.17) is 0 Å². The van der Waals surface area contributed by atoms with Gasteiger partial charge >= 0.3 is 0 Å². The molecule has 1 saturated heterocycles. The summed E-state index contributed by atoms with van der Waals surface area (Å²) >= 11 is 1.82. The molecule has 16 heavy (non-hydrogen) atoms. The van der Waals surface area contributed by atoms with Crippen molar-refractivity contribution >= 4 is 16.9 Å². The number of hydrogen-bond donors (Lipinski definition) is 1. The van der Waals surface area contributed by atoms with Gasteiger partial charge in [0, 0.05) is 24.5 Å². The van der Waals surface area contributed by atoms with Crippen LogP contribution in [0.15, 0.2) is 17.3 Å². The Kier molecular flexibility index (Phi) is 3.53. The van der Waals surface area contributed by atoms with E-state index in [0.717, 1.165) is 10.9 Å². The number of hydrogen-bond acceptors (Lipinski definition) is 3. The summed E-state index contributed by atoms with van der Waals surface area (Å²) in [5.41, 5.74) is 1.02. The lowest BCUT2D eigenvalue weighted by Gasteiger charge is -2.26. The normalized spacial score (nSPS) is 28.1. The zero-order valence-corrected chi connectivity index (χ0v) is 10.8. The molecule has 1 aromatic heterocycles. The maximum atomic E-state index is 4.56. The Balaban J connectivity index is 1.96. The van der Waals surface area contributed by atoms with Crippen molar-refractivity contribution in [3.05, 3.63) is 18.0 Å². The van der Waals surface area contributed by atoms with Crippen molar-refractivity contribution in [3.8, 4) is 0 Å². The molecule has 0 aliphatic carbocycles. The van der Waals surface area contributed by atoms with Gasteiger partial charge in [0.15, 0.2) is 5.17 Å². The van der Waals surface area contributed by atoms with Gasteiger partial charge in [0.05, 0.1) is 12.2 Å². The molecule has 88 valence electrons. The molecule has 2 atom stereocenters. The molecule has 0 amide bonds. The number of aryl methyl sites for hydroxylation is 1. The molecule has 0 aromatic carbocycles. The second-order valence-electron chi connectivity index (χ2n) is 4.31. The Morgan fingerprint density at radius 3 is 3.06 bits per heavy atom. The Morgan fingerprint density at radius 2 is 2.44 bits per heavy atom. The van der Waals surface area contributed by atoms with Crippen LogP contribution in [0.3, 0.4) is 0 Å². The molecule has 0 saturated carbocycles. The van der Waals surface area contributed by atoms with Crippen LogP contribution in [0.5, 0.6) is 0 Å². The zero-order chi connectivity index (χ0) is 11.5. The second-order valence-corrected chi connectivity index (χ2v) is 5.74. The third-order valence-electron chi connectivity index (χ3n) is 2.52. The predicted molar refractivity (Wildman–Crippen MR) is 68.6 cm³/mol. The minimum Gasteiger partial charge on any atom is -0.362 e. The Bertz CT molecular complexity index is 373. The van der Waals surface area contributed by atoms with Gasteiger partial charge in [0.25, 0.3) is 0 Å². The number of amidine groups is 1. The average molecular weight is 238 g/mol. The summed E-state index contributed by atoms with van der Waals surface area (Å²) < 4.78 is 1.81. The Morgan fingerprint density at radius 1 is 1.62 bits per heavy atom. The molecule has 0 radical (unpaired) electrons. The lowest BCUT2D eigenvalue weighted by Crippen LogP contribution is -2.38. The minimum absolute atomic E-state index is 0.527. The number of aromatic nitrogens is 2. The summed E-state index contributed by atoms with van der Waals surface area (Å²) in [5, 5.41) is 9.41. The zero-order valence-electron chi connectivity index (χ0n) is 9.97. The fraction of sp³-hybridized carbons (Fsp3) is 0.636. The van der Waals surface area contributed by atoms with Crippen molar-refractivity contribution < 1.29 is 0 Å². The monoisotopic (exact) mass is 238 g/mol. The highest BCUT2D eigenvalue weighted by atomic mass is 32.2. The van der Waals surface area contributed by atoms with Crippen molar-refractivity contribution in [2.75, 3.05) is 0 Å². The summed E-state index contributed by atoms with van der Waals surface area (Å²) in [6, 6.07) is 2.53. The Labute approximate surface area is 101 Å². The molecule has 2 unspecified atom stereocenters. The second kappa shape index (κ2) is 4.91. The fourth-order valence-electron chi connectivity index (χ4n) is 1.82. The highest BCUT2D eigenvalue weighted by Crippen LogP contribution is 2.22. The van der Waals surface area contributed by atoms with E-state index in [2.05, 4.69) is 29.3 Å². The molecule has 1 N–H and O–H groups in total. The largest absolute Gasteiger partial charge is 0.362 e. The van der Waals surface area contributed by atoms with E-state index in [0.29, 0.717) is 17.8 Å². The van der Waals surface area contributed by atoms with Gasteiger partial charge in [-0.2, -0.15) is 5.10 Å². The first-order valence-electron chi connectivity index (χ1n) is 5.59. The molecule has 4 nitrogen and oxygen atoms in total. The first-order valence-corrected chi connectivity index (χ1v) is 6.47. The average Bonchev–Trinajstić information content (AvgIpc) is 2.60. The summed E-state index contributed by atoms with van der Waals surface area (Å²) in [4.78, 5) is 4.56. The van der Waals surface area contributed by atoms with Gasteiger partial charge in [-0.05, 0) is 19.4 Å². The quantitative estimate of drug-likeness (QED) is 0.854. The van der Waals surface area contributed by atoms with Crippen molar-refractivity contribution in [1.82, 2.24) is 15.1 Å². The van der Waals surface area contributed by atoms with E-state index >= 15 is 0 Å². The van der Waals surface area contributed by atoms with Crippen molar-refractivity contribution in [2.24, 2.45) is 12.0 Å². The van der Waals surface area contributed by atoms with Gasteiger partial charge in [-0.15, -0.1) is 0 Å². The van der Waals surface area contributed by atoms with Crippen LogP contribution in [0.25, 0.3) is 0 Å². The lowest BCUT2D eigenvalue weighted by molar-refractivity contribution is 0.597. The van der Waals surface area contributed by atoms with Gasteiger partial charge in [0.2, 0.25) is 0 Å². The first-order chi connectivity index (χ1) is 7.63. The van der Waals surface area contributed by atoms with Crippen LogP contribution in [-0.4, -0.2) is 26.2 Å². The summed E-state index contributed by atoms with van der Waals surface area (Å²) in [6.07, 6.45) is 3.15. The van der Waals surface area contributed by atoms with Crippen LogP contribution in [-0.2, 0) is 13.6 Å². The number of nitrogens with one attached hydrogen (secondary N) is 1. The molecular formula is C11H18N4S. The van der Waals surface area contributed by atoms with Crippen LogP contribution >= 0.6 is 11.8 Å². The predicted octanol–water partition coefficient (Wildman–Crippen LogP) is 1.78. The van der Waals surface area contributed by atoms with Crippen LogP contribution in [0.4, 0.5) is 0 Å². The third kappa shape index (κ3) is 3.01. The highest BCUT2D eigenvalue weighted by Gasteiger charge is 2.19. The topological polar surface area (TPSA) is 42.2 Å². The molecule has 2 rings (SSSR count). The van der Waals surface area contributed by atoms with Crippen molar-refractivity contribution in [3.63, 3.8) is 0 Å². The number of aliphatic imine (C=N–C) groups is 1. The molecule has 1 aliphatic rings. The van der Waals surface area contributed by atoms with Crippen LogP contribution in [0, 0.1) is 0 Å². The van der Waals surface area contributed by atoms with E-state index in [-0.39, 0.29) is 0 Å². The van der Waals surface area contributed by atoms with Crippen molar-refractivity contribution in [2.45, 2.75) is 38.1 Å². The van der Waals surface area contributed by atoms with E-state index < -0.39 is 0 Å². The molecule has 2 heterocycles. The maximum Gasteiger partial charge on any atom is 0.157 e. The van der Waals surface area contributed by atoms with Crippen LogP contribution < -0.4 is 5.32 Å². The summed E-state index contributed by atoms with van der Waals surface area (Å²) in [5.74, 6) is 0. The SMILES string of the molecule is CC1CC(C)SC(=NCc2ccn(C)n2)N1. The smallest absolute Gasteiger partial charge is 0.157 e. The maximum absolute atomic E-state index is 4.56. The van der Waals surface area contributed by atoms with Gasteiger partial charge in [-0.25, -0.2) is 0 Å². The standard InChI is InChI=1S/C11H18N4S/c1-8-6-9(2)16-11(13-8)12-7-10-4-5-15(3)14-10/h4-5,8-9H,6-7H2,1-3H3,(H,12,13). The molecule has 1 fully saturated rings. The molecule has 1 aliphatic heterocycles. The van der Waals surface area contributed by atoms with E-state index in [9.17, 15) is 0 Å². The molecule has 0 bridgehead atoms. The van der Waals surface area contributed by atoms with E-state index in [1.807, 2.05) is 35.8 Å². The summed E-state index contributed by atoms with van der Waals surface area (Å²) in [6.45, 7) is 5.11. The Hall–Kier alpha value is -0.970. The number of rotatable bonds is 2. The number of thioether (sulfide) groups is 1. The molecule has 5 heteroatoms. The van der Waals surface area contributed by atoms with E-state index in [1.54, 1.807) is 0 Å². The summed E-state index contributed by atoms with van der Waals surface area (Å²) in [7, 11) is 1.92.